The van der Waals surface area contributed by atoms with Crippen LogP contribution < -0.4 is 0 Å². The third-order valence-corrected chi connectivity index (χ3v) is 4.72. The number of nitrogens with zero attached hydrogens (tertiary/aromatic N) is 2. The number of amides is 1. The van der Waals surface area contributed by atoms with Crippen molar-refractivity contribution < 1.29 is 9.18 Å². The molecule has 3 aromatic rings. The van der Waals surface area contributed by atoms with Gasteiger partial charge in [-0.2, -0.15) is 0 Å². The number of aryl methyl sites for hydroxylation is 1. The Morgan fingerprint density at radius 3 is 2.50 bits per heavy atom. The summed E-state index contributed by atoms with van der Waals surface area (Å²) in [4.78, 5) is 19.4. The average molecular weight is 376 g/mol. The highest BCUT2D eigenvalue weighted by Gasteiger charge is 2.26. The molecule has 0 spiro atoms. The molecule has 0 fully saturated rings. The van der Waals surface area contributed by atoms with Crippen molar-refractivity contribution in [3.63, 3.8) is 0 Å². The Balaban J connectivity index is 1.98. The SMILES string of the molecule is CCCN(C(=O)Cc1cccc(C)c1)C(c1ccc(F)cc1)c1cccnc1. The number of carbonyl (C=O) groups excluding carboxylic acids is 1. The highest BCUT2D eigenvalue weighted by atomic mass is 19.1. The average Bonchev–Trinajstić information content (AvgIpc) is 2.70. The van der Waals surface area contributed by atoms with Gasteiger partial charge in [0, 0.05) is 18.9 Å². The molecule has 2 aromatic carbocycles. The van der Waals surface area contributed by atoms with Gasteiger partial charge in [-0.25, -0.2) is 4.39 Å². The molecule has 0 aliphatic carbocycles. The summed E-state index contributed by atoms with van der Waals surface area (Å²) in [5, 5.41) is 0. The van der Waals surface area contributed by atoms with Crippen molar-refractivity contribution in [1.82, 2.24) is 9.88 Å². The van der Waals surface area contributed by atoms with Crippen molar-refractivity contribution in [3.05, 3.63) is 101 Å². The molecule has 28 heavy (non-hydrogen) atoms. The maximum atomic E-state index is 13.5. The van der Waals surface area contributed by atoms with Gasteiger partial charge in [0.1, 0.15) is 5.82 Å². The maximum Gasteiger partial charge on any atom is 0.227 e. The van der Waals surface area contributed by atoms with Crippen LogP contribution in [-0.2, 0) is 11.2 Å². The Hall–Kier alpha value is -3.01. The van der Waals surface area contributed by atoms with Crippen molar-refractivity contribution in [1.29, 1.82) is 0 Å². The highest BCUT2D eigenvalue weighted by Crippen LogP contribution is 2.29. The minimum absolute atomic E-state index is 0.0469. The molecule has 0 bridgehead atoms. The van der Waals surface area contributed by atoms with E-state index in [1.54, 1.807) is 24.5 Å². The van der Waals surface area contributed by atoms with Crippen LogP contribution in [0.25, 0.3) is 0 Å². The number of halogens is 1. The predicted octanol–water partition coefficient (Wildman–Crippen LogP) is 5.10. The highest BCUT2D eigenvalue weighted by molar-refractivity contribution is 5.79. The van der Waals surface area contributed by atoms with Crippen LogP contribution in [0.4, 0.5) is 4.39 Å². The largest absolute Gasteiger partial charge is 0.331 e. The van der Waals surface area contributed by atoms with Crippen LogP contribution in [0.15, 0.2) is 73.1 Å². The van der Waals surface area contributed by atoms with Gasteiger partial charge in [0.05, 0.1) is 12.5 Å². The molecule has 3 nitrogen and oxygen atoms in total. The van der Waals surface area contributed by atoms with Gasteiger partial charge in [0.25, 0.3) is 0 Å². The van der Waals surface area contributed by atoms with Gasteiger partial charge in [0.2, 0.25) is 5.91 Å². The fraction of sp³-hybridized carbons (Fsp3) is 0.250. The summed E-state index contributed by atoms with van der Waals surface area (Å²) < 4.78 is 13.5. The van der Waals surface area contributed by atoms with E-state index in [1.807, 2.05) is 48.2 Å². The third-order valence-electron chi connectivity index (χ3n) is 4.72. The molecule has 0 aliphatic rings. The van der Waals surface area contributed by atoms with Crippen LogP contribution in [-0.4, -0.2) is 22.3 Å². The Morgan fingerprint density at radius 1 is 1.07 bits per heavy atom. The van der Waals surface area contributed by atoms with E-state index in [2.05, 4.69) is 11.9 Å². The zero-order chi connectivity index (χ0) is 19.9. The van der Waals surface area contributed by atoms with E-state index in [-0.39, 0.29) is 17.8 Å². The Morgan fingerprint density at radius 2 is 1.86 bits per heavy atom. The molecule has 1 aromatic heterocycles. The Bertz CT molecular complexity index is 909. The first-order chi connectivity index (χ1) is 13.6. The van der Waals surface area contributed by atoms with Gasteiger partial charge in [0.15, 0.2) is 0 Å². The molecular formula is C24H25FN2O. The molecule has 1 heterocycles. The normalized spacial score (nSPS) is 11.8. The molecule has 0 saturated carbocycles. The van der Waals surface area contributed by atoms with E-state index in [4.69, 9.17) is 0 Å². The van der Waals surface area contributed by atoms with Crippen molar-refractivity contribution in [2.75, 3.05) is 6.54 Å². The van der Waals surface area contributed by atoms with Gasteiger partial charge in [-0.15, -0.1) is 0 Å². The van der Waals surface area contributed by atoms with Crippen LogP contribution in [0, 0.1) is 12.7 Å². The molecule has 1 unspecified atom stereocenters. The van der Waals surface area contributed by atoms with Gasteiger partial charge in [-0.05, 0) is 48.2 Å². The second-order valence-electron chi connectivity index (χ2n) is 6.99. The fourth-order valence-corrected chi connectivity index (χ4v) is 3.47. The van der Waals surface area contributed by atoms with Crippen LogP contribution in [0.2, 0.25) is 0 Å². The molecular weight excluding hydrogens is 351 g/mol. The topological polar surface area (TPSA) is 33.2 Å². The number of rotatable bonds is 7. The van der Waals surface area contributed by atoms with Crippen LogP contribution >= 0.6 is 0 Å². The lowest BCUT2D eigenvalue weighted by Crippen LogP contribution is -2.37. The number of pyridine rings is 1. The Labute approximate surface area is 165 Å². The lowest BCUT2D eigenvalue weighted by molar-refractivity contribution is -0.132. The van der Waals surface area contributed by atoms with Crippen LogP contribution in [0.5, 0.6) is 0 Å². The zero-order valence-corrected chi connectivity index (χ0v) is 16.3. The van der Waals surface area contributed by atoms with Gasteiger partial charge >= 0.3 is 0 Å². The molecule has 4 heteroatoms. The van der Waals surface area contributed by atoms with E-state index in [1.165, 1.54) is 12.1 Å². The molecule has 0 saturated heterocycles. The molecule has 0 aliphatic heterocycles. The molecule has 0 radical (unpaired) electrons. The first kappa shape index (κ1) is 19.7. The van der Waals surface area contributed by atoms with Crippen LogP contribution in [0.3, 0.4) is 0 Å². The van der Waals surface area contributed by atoms with E-state index in [9.17, 15) is 9.18 Å². The second kappa shape index (κ2) is 9.27. The number of benzene rings is 2. The van der Waals surface area contributed by atoms with Crippen molar-refractivity contribution in [3.8, 4) is 0 Å². The summed E-state index contributed by atoms with van der Waals surface area (Å²) in [5.41, 5.74) is 3.92. The van der Waals surface area contributed by atoms with Crippen molar-refractivity contribution in [2.24, 2.45) is 0 Å². The summed E-state index contributed by atoms with van der Waals surface area (Å²) in [7, 11) is 0. The van der Waals surface area contributed by atoms with E-state index >= 15 is 0 Å². The summed E-state index contributed by atoms with van der Waals surface area (Å²) in [6.45, 7) is 4.69. The van der Waals surface area contributed by atoms with Crippen molar-refractivity contribution in [2.45, 2.75) is 32.7 Å². The summed E-state index contributed by atoms with van der Waals surface area (Å²) >= 11 is 0. The Kier molecular flexibility index (Phi) is 6.53. The monoisotopic (exact) mass is 376 g/mol. The number of hydrogen-bond donors (Lipinski definition) is 0. The summed E-state index contributed by atoms with van der Waals surface area (Å²) in [6.07, 6.45) is 4.65. The lowest BCUT2D eigenvalue weighted by atomic mass is 9.97. The number of carbonyl (C=O) groups is 1. The molecule has 1 amide bonds. The lowest BCUT2D eigenvalue weighted by Gasteiger charge is -2.32. The van der Waals surface area contributed by atoms with Gasteiger partial charge in [-0.1, -0.05) is 55.0 Å². The zero-order valence-electron chi connectivity index (χ0n) is 16.3. The van der Waals surface area contributed by atoms with Crippen molar-refractivity contribution >= 4 is 5.91 Å². The third kappa shape index (κ3) is 4.83. The smallest absolute Gasteiger partial charge is 0.227 e. The van der Waals surface area contributed by atoms with Gasteiger partial charge < -0.3 is 4.90 Å². The van der Waals surface area contributed by atoms with E-state index in [0.29, 0.717) is 13.0 Å². The summed E-state index contributed by atoms with van der Waals surface area (Å²) in [5.74, 6) is -0.243. The van der Waals surface area contributed by atoms with Crippen LogP contribution in [0.1, 0.15) is 41.6 Å². The van der Waals surface area contributed by atoms with Gasteiger partial charge in [-0.3, -0.25) is 9.78 Å². The van der Waals surface area contributed by atoms with E-state index in [0.717, 1.165) is 28.7 Å². The number of aromatic nitrogens is 1. The predicted molar refractivity (Wildman–Crippen MR) is 109 cm³/mol. The fourth-order valence-electron chi connectivity index (χ4n) is 3.47. The molecule has 1 atom stereocenters. The minimum Gasteiger partial charge on any atom is -0.331 e. The number of hydrogen-bond acceptors (Lipinski definition) is 2. The molecule has 144 valence electrons. The van der Waals surface area contributed by atoms with E-state index < -0.39 is 0 Å². The minimum atomic E-state index is -0.299. The maximum absolute atomic E-state index is 13.5. The quantitative estimate of drug-likeness (QED) is 0.575. The first-order valence-electron chi connectivity index (χ1n) is 9.59. The second-order valence-corrected chi connectivity index (χ2v) is 6.99. The molecule has 0 N–H and O–H groups in total. The first-order valence-corrected chi connectivity index (χ1v) is 9.59. The standard InChI is InChI=1S/C24H25FN2O/c1-3-14-27(23(28)16-19-7-4-6-18(2)15-19)24(21-8-5-13-26-17-21)20-9-11-22(25)12-10-20/h4-13,15,17,24H,3,14,16H2,1-2H3. The summed E-state index contributed by atoms with van der Waals surface area (Å²) in [6, 6.07) is 17.9. The molecule has 3 rings (SSSR count).